The highest BCUT2D eigenvalue weighted by molar-refractivity contribution is 5.76. The Hall–Kier alpha value is -1.66. The van der Waals surface area contributed by atoms with Gasteiger partial charge in [0.2, 0.25) is 5.91 Å². The Kier molecular flexibility index (Phi) is 54.5. The Balaban J connectivity index is 3.49. The molecule has 0 heterocycles. The van der Waals surface area contributed by atoms with Crippen LogP contribution in [0, 0.1) is 0 Å². The second-order valence-electron chi connectivity index (χ2n) is 20.3. The summed E-state index contributed by atoms with van der Waals surface area (Å²) in [6, 6.07) is -0.643. The van der Waals surface area contributed by atoms with Crippen LogP contribution in [0.5, 0.6) is 0 Å². The molecule has 0 aliphatic rings. The summed E-state index contributed by atoms with van der Waals surface area (Å²) in [5, 5.41) is 23.2. The van der Waals surface area contributed by atoms with Crippen LogP contribution in [0.3, 0.4) is 0 Å². The second-order valence-corrected chi connectivity index (χ2v) is 20.3. The Morgan fingerprint density at radius 2 is 0.712 bits per heavy atom. The van der Waals surface area contributed by atoms with E-state index in [0.717, 1.165) is 57.8 Å². The van der Waals surface area contributed by atoms with Crippen LogP contribution in [0.4, 0.5) is 0 Å². The quantitative estimate of drug-likeness (QED) is 0.0321. The molecule has 0 fully saturated rings. The van der Waals surface area contributed by atoms with Gasteiger partial charge in [0.15, 0.2) is 0 Å². The average molecular weight is 931 g/mol. The number of rotatable bonds is 55. The van der Waals surface area contributed by atoms with Crippen LogP contribution >= 0.6 is 0 Å². The summed E-state index contributed by atoms with van der Waals surface area (Å²) in [7, 11) is 0. The normalized spacial score (nSPS) is 12.7. The summed E-state index contributed by atoms with van der Waals surface area (Å²) in [4.78, 5) is 24.5. The molecular formula is C60H115NO5. The lowest BCUT2D eigenvalue weighted by atomic mass is 10.0. The van der Waals surface area contributed by atoms with Gasteiger partial charge in [-0.3, -0.25) is 9.59 Å². The van der Waals surface area contributed by atoms with Crippen molar-refractivity contribution in [3.63, 3.8) is 0 Å². The van der Waals surface area contributed by atoms with Gasteiger partial charge in [-0.25, -0.2) is 0 Å². The van der Waals surface area contributed by atoms with Gasteiger partial charge in [-0.2, -0.15) is 0 Å². The minimum absolute atomic E-state index is 0.0232. The van der Waals surface area contributed by atoms with Crippen LogP contribution in [-0.4, -0.2) is 47.4 Å². The number of hydrogen-bond acceptors (Lipinski definition) is 5. The number of allylic oxidation sites excluding steroid dienone is 3. The number of unbranched alkanes of at least 4 members (excludes halogenated alkanes) is 42. The smallest absolute Gasteiger partial charge is 0.305 e. The molecule has 0 bridgehead atoms. The number of esters is 1. The molecule has 3 N–H and O–H groups in total. The first-order valence-electron chi connectivity index (χ1n) is 29.6. The van der Waals surface area contributed by atoms with Gasteiger partial charge in [-0.05, 0) is 57.8 Å². The summed E-state index contributed by atoms with van der Waals surface area (Å²) in [6.07, 6.45) is 67.7. The van der Waals surface area contributed by atoms with Crippen LogP contribution in [-0.2, 0) is 14.3 Å². The van der Waals surface area contributed by atoms with Gasteiger partial charge in [-0.15, -0.1) is 0 Å². The van der Waals surface area contributed by atoms with E-state index in [-0.39, 0.29) is 18.5 Å². The van der Waals surface area contributed by atoms with E-state index < -0.39 is 12.1 Å². The topological polar surface area (TPSA) is 95.9 Å². The second kappa shape index (κ2) is 55.9. The lowest BCUT2D eigenvalue weighted by Crippen LogP contribution is -2.45. The first-order valence-corrected chi connectivity index (χ1v) is 29.6. The van der Waals surface area contributed by atoms with Crippen molar-refractivity contribution in [2.24, 2.45) is 0 Å². The number of hydrogen-bond donors (Lipinski definition) is 3. The molecule has 6 heteroatoms. The van der Waals surface area contributed by atoms with Gasteiger partial charge in [0.1, 0.15) is 0 Å². The van der Waals surface area contributed by atoms with Crippen LogP contribution in [0.2, 0.25) is 0 Å². The molecule has 0 spiro atoms. The van der Waals surface area contributed by atoms with E-state index in [0.29, 0.717) is 19.4 Å². The maximum atomic E-state index is 12.5. The summed E-state index contributed by atoms with van der Waals surface area (Å²) in [6.45, 7) is 4.87. The number of aliphatic hydroxyl groups is 2. The molecule has 0 saturated heterocycles. The van der Waals surface area contributed by atoms with E-state index in [4.69, 9.17) is 4.74 Å². The monoisotopic (exact) mass is 930 g/mol. The average Bonchev–Trinajstić information content (AvgIpc) is 3.32. The lowest BCUT2D eigenvalue weighted by molar-refractivity contribution is -0.143. The summed E-state index contributed by atoms with van der Waals surface area (Å²) in [5.74, 6) is -0.107. The third-order valence-electron chi connectivity index (χ3n) is 13.7. The van der Waals surface area contributed by atoms with E-state index in [2.05, 4.69) is 31.3 Å². The highest BCUT2D eigenvalue weighted by atomic mass is 16.5. The van der Waals surface area contributed by atoms with Crippen molar-refractivity contribution in [3.8, 4) is 0 Å². The molecule has 390 valence electrons. The minimum Gasteiger partial charge on any atom is -0.466 e. The number of ether oxygens (including phenoxy) is 1. The standard InChI is InChI=1S/C60H115NO5/c1-3-5-7-9-11-13-15-17-19-20-21-22-23-24-25-26-27-28-29-32-36-40-44-48-52-58(63)57(56-62)61-59(64)53-49-45-41-37-33-31-35-39-43-47-51-55-66-60(65)54-50-46-42-38-34-30-18-16-14-12-10-8-6-4-2/h16,18,48,52,57-58,62-63H,3-15,17,19-47,49-51,53-56H2,1-2H3,(H,61,64)/b18-16-,52-48+. The maximum Gasteiger partial charge on any atom is 0.305 e. The summed E-state index contributed by atoms with van der Waals surface area (Å²) in [5.41, 5.74) is 0. The highest BCUT2D eigenvalue weighted by Crippen LogP contribution is 2.17. The van der Waals surface area contributed by atoms with Gasteiger partial charge >= 0.3 is 5.97 Å². The Morgan fingerprint density at radius 3 is 1.08 bits per heavy atom. The third-order valence-corrected chi connectivity index (χ3v) is 13.7. The van der Waals surface area contributed by atoms with Crippen LogP contribution < -0.4 is 5.32 Å². The molecule has 0 aliphatic heterocycles. The van der Waals surface area contributed by atoms with Gasteiger partial charge < -0.3 is 20.3 Å². The molecule has 0 radical (unpaired) electrons. The molecule has 0 aromatic carbocycles. The molecule has 1 amide bonds. The first-order chi connectivity index (χ1) is 32.5. The van der Waals surface area contributed by atoms with Crippen molar-refractivity contribution in [2.75, 3.05) is 13.2 Å². The minimum atomic E-state index is -0.858. The van der Waals surface area contributed by atoms with Crippen LogP contribution in [0.1, 0.15) is 322 Å². The van der Waals surface area contributed by atoms with Crippen molar-refractivity contribution < 1.29 is 24.5 Å². The van der Waals surface area contributed by atoms with Crippen molar-refractivity contribution in [1.29, 1.82) is 0 Å². The van der Waals surface area contributed by atoms with Crippen molar-refractivity contribution in [3.05, 3.63) is 24.3 Å². The fraction of sp³-hybridized carbons (Fsp3) is 0.900. The lowest BCUT2D eigenvalue weighted by Gasteiger charge is -2.20. The molecule has 2 unspecified atom stereocenters. The first kappa shape index (κ1) is 64.3. The molecule has 0 saturated carbocycles. The van der Waals surface area contributed by atoms with E-state index in [1.807, 2.05) is 6.08 Å². The zero-order valence-corrected chi connectivity index (χ0v) is 44.4. The molecule has 2 atom stereocenters. The third kappa shape index (κ3) is 51.7. The fourth-order valence-electron chi connectivity index (χ4n) is 9.16. The zero-order valence-electron chi connectivity index (χ0n) is 44.4. The molecule has 0 aromatic heterocycles. The van der Waals surface area contributed by atoms with Gasteiger partial charge in [0.05, 0.1) is 25.4 Å². The molecule has 0 aliphatic carbocycles. The van der Waals surface area contributed by atoms with E-state index >= 15 is 0 Å². The fourth-order valence-corrected chi connectivity index (χ4v) is 9.16. The Bertz CT molecular complexity index is 1030. The number of amides is 1. The van der Waals surface area contributed by atoms with Gasteiger partial charge in [0.25, 0.3) is 0 Å². The predicted octanol–water partition coefficient (Wildman–Crippen LogP) is 18.2. The number of nitrogens with one attached hydrogen (secondary N) is 1. The van der Waals surface area contributed by atoms with Crippen LogP contribution in [0.15, 0.2) is 24.3 Å². The SMILES string of the molecule is CCCCCCC/C=C\CCCCCCCC(=O)OCCCCCCCCCCCCCC(=O)NC(CO)C(O)/C=C/CCCCCCCCCCCCCCCCCCCCCCCC. The van der Waals surface area contributed by atoms with E-state index in [9.17, 15) is 19.8 Å². The summed E-state index contributed by atoms with van der Waals surface area (Å²) >= 11 is 0. The maximum absolute atomic E-state index is 12.5. The van der Waals surface area contributed by atoms with Gasteiger partial charge in [0, 0.05) is 12.8 Å². The highest BCUT2D eigenvalue weighted by Gasteiger charge is 2.18. The number of aliphatic hydroxyl groups excluding tert-OH is 2. The largest absolute Gasteiger partial charge is 0.466 e. The van der Waals surface area contributed by atoms with E-state index in [1.165, 1.54) is 238 Å². The summed E-state index contributed by atoms with van der Waals surface area (Å²) < 4.78 is 5.46. The molecule has 66 heavy (non-hydrogen) atoms. The zero-order chi connectivity index (χ0) is 47.9. The van der Waals surface area contributed by atoms with Crippen molar-refractivity contribution >= 4 is 11.9 Å². The number of carbonyl (C=O) groups excluding carboxylic acids is 2. The van der Waals surface area contributed by atoms with Crippen molar-refractivity contribution in [1.82, 2.24) is 5.32 Å². The molecule has 6 nitrogen and oxygen atoms in total. The Morgan fingerprint density at radius 1 is 0.409 bits per heavy atom. The van der Waals surface area contributed by atoms with Gasteiger partial charge in [-0.1, -0.05) is 276 Å². The molecule has 0 aromatic rings. The van der Waals surface area contributed by atoms with Crippen LogP contribution in [0.25, 0.3) is 0 Å². The van der Waals surface area contributed by atoms with Crippen molar-refractivity contribution in [2.45, 2.75) is 334 Å². The van der Waals surface area contributed by atoms with E-state index in [1.54, 1.807) is 6.08 Å². The number of carbonyl (C=O) groups is 2. The predicted molar refractivity (Wildman–Crippen MR) is 287 cm³/mol. The molecule has 0 rings (SSSR count). The Labute approximate surface area is 411 Å². The molecular weight excluding hydrogens is 815 g/mol.